The summed E-state index contributed by atoms with van der Waals surface area (Å²) in [6.45, 7) is 5.45. The normalized spacial score (nSPS) is 23.8. The molecule has 21 heavy (non-hydrogen) atoms. The zero-order valence-electron chi connectivity index (χ0n) is 13.9. The van der Waals surface area contributed by atoms with E-state index in [1.807, 2.05) is 0 Å². The zero-order chi connectivity index (χ0) is 15.2. The van der Waals surface area contributed by atoms with E-state index < -0.39 is 0 Å². The quantitative estimate of drug-likeness (QED) is 0.903. The minimum atomic E-state index is 0.494. The average molecular weight is 289 g/mol. The summed E-state index contributed by atoms with van der Waals surface area (Å²) < 4.78 is 0. The Morgan fingerprint density at radius 2 is 1.90 bits per heavy atom. The number of nitrogens with zero attached hydrogens (tertiary/aromatic N) is 2. The number of likely N-dealkylation sites (tertiary alicyclic amines) is 1. The van der Waals surface area contributed by atoms with E-state index in [-0.39, 0.29) is 0 Å². The van der Waals surface area contributed by atoms with Crippen LogP contribution >= 0.6 is 0 Å². The molecule has 0 bridgehead atoms. The minimum absolute atomic E-state index is 0.494. The first-order valence-electron chi connectivity index (χ1n) is 8.38. The highest BCUT2D eigenvalue weighted by molar-refractivity contribution is 5.46. The predicted molar refractivity (Wildman–Crippen MR) is 91.8 cm³/mol. The highest BCUT2D eigenvalue weighted by Gasteiger charge is 2.29. The van der Waals surface area contributed by atoms with Crippen LogP contribution in [0.15, 0.2) is 24.3 Å². The van der Waals surface area contributed by atoms with Crippen molar-refractivity contribution in [1.82, 2.24) is 4.90 Å². The molecule has 1 aliphatic rings. The Kier molecular flexibility index (Phi) is 6.07. The second-order valence-corrected chi connectivity index (χ2v) is 6.46. The largest absolute Gasteiger partial charge is 0.378 e. The van der Waals surface area contributed by atoms with Crippen LogP contribution in [-0.2, 0) is 0 Å². The lowest BCUT2D eigenvalue weighted by Crippen LogP contribution is -2.36. The molecule has 0 radical (unpaired) electrons. The van der Waals surface area contributed by atoms with Crippen molar-refractivity contribution < 1.29 is 0 Å². The summed E-state index contributed by atoms with van der Waals surface area (Å²) in [4.78, 5) is 4.82. The van der Waals surface area contributed by atoms with Crippen LogP contribution in [0.2, 0.25) is 0 Å². The molecule has 1 heterocycles. The van der Waals surface area contributed by atoms with Crippen molar-refractivity contribution in [2.45, 2.75) is 38.6 Å². The molecule has 2 unspecified atom stereocenters. The number of anilines is 1. The van der Waals surface area contributed by atoms with Crippen LogP contribution in [0.4, 0.5) is 5.69 Å². The molecule has 1 fully saturated rings. The van der Waals surface area contributed by atoms with Crippen molar-refractivity contribution in [3.8, 4) is 0 Å². The molecule has 1 saturated heterocycles. The lowest BCUT2D eigenvalue weighted by Gasteiger charge is -2.35. The standard InChI is InChI=1S/C18H31N3/c1-4-12-21-13-6-5-7-16(14-19)18(21)15-8-10-17(11-9-15)20(2)3/h8-11,16,18H,4-7,12-14,19H2,1-3H3. The Morgan fingerprint density at radius 1 is 1.19 bits per heavy atom. The molecule has 1 aromatic rings. The zero-order valence-corrected chi connectivity index (χ0v) is 13.9. The molecule has 3 heteroatoms. The van der Waals surface area contributed by atoms with Gasteiger partial charge in [-0.1, -0.05) is 25.5 Å². The molecule has 0 amide bonds. The number of benzene rings is 1. The molecule has 0 aromatic heterocycles. The topological polar surface area (TPSA) is 32.5 Å². The fourth-order valence-electron chi connectivity index (χ4n) is 3.55. The van der Waals surface area contributed by atoms with Gasteiger partial charge in [-0.25, -0.2) is 0 Å². The molecule has 0 spiro atoms. The summed E-state index contributed by atoms with van der Waals surface area (Å²) in [5, 5.41) is 0. The monoisotopic (exact) mass is 289 g/mol. The molecular formula is C18H31N3. The first-order valence-corrected chi connectivity index (χ1v) is 8.38. The van der Waals surface area contributed by atoms with Crippen LogP contribution in [0, 0.1) is 5.92 Å². The van der Waals surface area contributed by atoms with E-state index >= 15 is 0 Å². The van der Waals surface area contributed by atoms with Crippen molar-refractivity contribution >= 4 is 5.69 Å². The number of nitrogens with two attached hydrogens (primary N) is 1. The fourth-order valence-corrected chi connectivity index (χ4v) is 3.55. The summed E-state index contributed by atoms with van der Waals surface area (Å²) in [6, 6.07) is 9.57. The SMILES string of the molecule is CCCN1CCCCC(CN)C1c1ccc(N(C)C)cc1. The molecule has 2 N–H and O–H groups in total. The van der Waals surface area contributed by atoms with Gasteiger partial charge in [0.25, 0.3) is 0 Å². The van der Waals surface area contributed by atoms with Gasteiger partial charge < -0.3 is 10.6 Å². The third-order valence-electron chi connectivity index (χ3n) is 4.67. The summed E-state index contributed by atoms with van der Waals surface area (Å²) in [7, 11) is 4.18. The first kappa shape index (κ1) is 16.3. The van der Waals surface area contributed by atoms with E-state index in [1.165, 1.54) is 50.0 Å². The Labute approximate surface area is 130 Å². The molecular weight excluding hydrogens is 258 g/mol. The van der Waals surface area contributed by atoms with Gasteiger partial charge in [-0.05, 0) is 62.5 Å². The van der Waals surface area contributed by atoms with Crippen LogP contribution in [-0.4, -0.2) is 38.6 Å². The van der Waals surface area contributed by atoms with Gasteiger partial charge in [0, 0.05) is 25.8 Å². The molecule has 1 aliphatic heterocycles. The molecule has 0 saturated carbocycles. The predicted octanol–water partition coefficient (Wildman–Crippen LogP) is 3.26. The highest BCUT2D eigenvalue weighted by Crippen LogP contribution is 2.35. The smallest absolute Gasteiger partial charge is 0.0388 e. The maximum atomic E-state index is 6.10. The first-order chi connectivity index (χ1) is 10.2. The Hall–Kier alpha value is -1.06. The van der Waals surface area contributed by atoms with Crippen LogP contribution in [0.25, 0.3) is 0 Å². The molecule has 2 atom stereocenters. The van der Waals surface area contributed by atoms with E-state index in [0.29, 0.717) is 12.0 Å². The van der Waals surface area contributed by atoms with Crippen LogP contribution < -0.4 is 10.6 Å². The maximum absolute atomic E-state index is 6.10. The third-order valence-corrected chi connectivity index (χ3v) is 4.67. The van der Waals surface area contributed by atoms with E-state index in [1.54, 1.807) is 0 Å². The Bertz CT molecular complexity index is 413. The van der Waals surface area contributed by atoms with Gasteiger partial charge in [0.2, 0.25) is 0 Å². The Balaban J connectivity index is 2.27. The van der Waals surface area contributed by atoms with Crippen molar-refractivity contribution in [3.05, 3.63) is 29.8 Å². The summed E-state index contributed by atoms with van der Waals surface area (Å²) in [6.07, 6.45) is 5.09. The van der Waals surface area contributed by atoms with Crippen molar-refractivity contribution in [2.24, 2.45) is 11.7 Å². The van der Waals surface area contributed by atoms with E-state index in [4.69, 9.17) is 5.73 Å². The second kappa shape index (κ2) is 7.81. The van der Waals surface area contributed by atoms with Crippen molar-refractivity contribution in [1.29, 1.82) is 0 Å². The summed E-state index contributed by atoms with van der Waals surface area (Å²) in [5.74, 6) is 0.587. The van der Waals surface area contributed by atoms with Gasteiger partial charge in [0.1, 0.15) is 0 Å². The summed E-state index contributed by atoms with van der Waals surface area (Å²) >= 11 is 0. The lowest BCUT2D eigenvalue weighted by atomic mass is 9.89. The van der Waals surface area contributed by atoms with Gasteiger partial charge >= 0.3 is 0 Å². The second-order valence-electron chi connectivity index (χ2n) is 6.46. The number of hydrogen-bond acceptors (Lipinski definition) is 3. The number of hydrogen-bond donors (Lipinski definition) is 1. The van der Waals surface area contributed by atoms with Gasteiger partial charge in [-0.15, -0.1) is 0 Å². The molecule has 3 nitrogen and oxygen atoms in total. The van der Waals surface area contributed by atoms with Crippen LogP contribution in [0.5, 0.6) is 0 Å². The van der Waals surface area contributed by atoms with E-state index in [2.05, 4.69) is 55.1 Å². The maximum Gasteiger partial charge on any atom is 0.0388 e. The third kappa shape index (κ3) is 3.98. The lowest BCUT2D eigenvalue weighted by molar-refractivity contribution is 0.158. The van der Waals surface area contributed by atoms with Gasteiger partial charge in [0.05, 0.1) is 0 Å². The van der Waals surface area contributed by atoms with Crippen molar-refractivity contribution in [2.75, 3.05) is 38.6 Å². The Morgan fingerprint density at radius 3 is 2.48 bits per heavy atom. The number of rotatable bonds is 5. The molecule has 0 aliphatic carbocycles. The fraction of sp³-hybridized carbons (Fsp3) is 0.667. The average Bonchev–Trinajstić information content (AvgIpc) is 2.70. The van der Waals surface area contributed by atoms with E-state index in [0.717, 1.165) is 6.54 Å². The van der Waals surface area contributed by atoms with Gasteiger partial charge in [-0.3, -0.25) is 4.90 Å². The van der Waals surface area contributed by atoms with Crippen LogP contribution in [0.1, 0.15) is 44.2 Å². The van der Waals surface area contributed by atoms with Gasteiger partial charge in [-0.2, -0.15) is 0 Å². The van der Waals surface area contributed by atoms with Crippen molar-refractivity contribution in [3.63, 3.8) is 0 Å². The minimum Gasteiger partial charge on any atom is -0.378 e. The molecule has 1 aromatic carbocycles. The molecule has 118 valence electrons. The van der Waals surface area contributed by atoms with Gasteiger partial charge in [0.15, 0.2) is 0 Å². The highest BCUT2D eigenvalue weighted by atomic mass is 15.2. The van der Waals surface area contributed by atoms with E-state index in [9.17, 15) is 0 Å². The summed E-state index contributed by atoms with van der Waals surface area (Å²) in [5.41, 5.74) is 8.80. The molecule has 2 rings (SSSR count). The van der Waals surface area contributed by atoms with Crippen LogP contribution in [0.3, 0.4) is 0 Å².